The van der Waals surface area contributed by atoms with Gasteiger partial charge in [-0.1, -0.05) is 47.5 Å². The van der Waals surface area contributed by atoms with Crippen molar-refractivity contribution >= 4 is 17.7 Å². The molecule has 1 aromatic rings. The number of unbranched alkanes of at least 4 members (excludes halogenated alkanes) is 1. The van der Waals surface area contributed by atoms with Crippen LogP contribution in [0.3, 0.4) is 0 Å². The van der Waals surface area contributed by atoms with Crippen molar-refractivity contribution in [1.82, 2.24) is 0 Å². The maximum Gasteiger partial charge on any atom is 0.311 e. The molecule has 3 atom stereocenters. The molecule has 4 rings (SSSR count). The molecule has 3 aliphatic rings. The number of ketones is 1. The molecule has 0 saturated heterocycles. The Morgan fingerprint density at radius 2 is 1.91 bits per heavy atom. The number of carboxylic acid groups (broad SMARTS) is 1. The number of esters is 1. The van der Waals surface area contributed by atoms with Crippen LogP contribution in [-0.2, 0) is 19.8 Å². The van der Waals surface area contributed by atoms with E-state index in [9.17, 15) is 19.5 Å². The average molecular weight is 445 g/mol. The Morgan fingerprint density at radius 3 is 2.47 bits per heavy atom. The zero-order valence-corrected chi connectivity index (χ0v) is 19.9. The summed E-state index contributed by atoms with van der Waals surface area (Å²) >= 11 is 0. The number of carbonyl (C=O) groups is 3. The second-order valence-electron chi connectivity index (χ2n) is 10.8. The fourth-order valence-corrected chi connectivity index (χ4v) is 5.60. The number of phenolic OH excluding ortho intramolecular Hbond substituents is 1. The number of carboxylic acids is 1. The summed E-state index contributed by atoms with van der Waals surface area (Å²) in [6.07, 6.45) is 3.52. The molecule has 2 N–H and O–H groups in total. The van der Waals surface area contributed by atoms with Gasteiger partial charge in [0, 0.05) is 23.8 Å². The minimum Gasteiger partial charge on any atom is -0.508 e. The van der Waals surface area contributed by atoms with Crippen molar-refractivity contribution in [1.29, 1.82) is 0 Å². The van der Waals surface area contributed by atoms with Gasteiger partial charge in [-0.2, -0.15) is 0 Å². The summed E-state index contributed by atoms with van der Waals surface area (Å²) in [7, 11) is 0. The number of hydrogen-bond donors (Lipinski definition) is 2. The Labute approximate surface area is 190 Å². The van der Waals surface area contributed by atoms with Gasteiger partial charge in [0.2, 0.25) is 0 Å². The third-order valence-corrected chi connectivity index (χ3v) is 7.83. The molecule has 0 unspecified atom stereocenters. The zero-order chi connectivity index (χ0) is 23.8. The van der Waals surface area contributed by atoms with Crippen LogP contribution in [0.25, 0.3) is 0 Å². The van der Waals surface area contributed by atoms with Crippen molar-refractivity contribution in [3.8, 4) is 11.5 Å². The van der Waals surface area contributed by atoms with Crippen LogP contribution < -0.4 is 4.74 Å². The summed E-state index contributed by atoms with van der Waals surface area (Å²) in [5, 5.41) is 20.0. The maximum atomic E-state index is 12.7. The Bertz CT molecular complexity index is 913. The van der Waals surface area contributed by atoms with Gasteiger partial charge in [0.05, 0.1) is 12.8 Å². The van der Waals surface area contributed by atoms with Crippen molar-refractivity contribution < 1.29 is 29.3 Å². The predicted molar refractivity (Wildman–Crippen MR) is 121 cm³/mol. The van der Waals surface area contributed by atoms with E-state index in [0.717, 1.165) is 31.2 Å². The zero-order valence-electron chi connectivity index (χ0n) is 19.9. The third kappa shape index (κ3) is 4.55. The van der Waals surface area contributed by atoms with Gasteiger partial charge in [-0.25, -0.2) is 0 Å². The normalized spacial score (nSPS) is 24.0. The van der Waals surface area contributed by atoms with Crippen LogP contribution in [0.4, 0.5) is 0 Å². The molecule has 0 heterocycles. The second kappa shape index (κ2) is 8.87. The summed E-state index contributed by atoms with van der Waals surface area (Å²) in [6, 6.07) is 3.56. The van der Waals surface area contributed by atoms with Gasteiger partial charge >= 0.3 is 11.9 Å². The predicted octanol–water partition coefficient (Wildman–Crippen LogP) is 5.35. The van der Waals surface area contributed by atoms with E-state index in [1.54, 1.807) is 6.07 Å². The quantitative estimate of drug-likeness (QED) is 0.393. The van der Waals surface area contributed by atoms with Gasteiger partial charge in [0.1, 0.15) is 17.3 Å². The number of ether oxygens (including phenoxy) is 1. The van der Waals surface area contributed by atoms with E-state index in [2.05, 4.69) is 34.6 Å². The molecule has 0 aliphatic heterocycles. The molecule has 6 heteroatoms. The Hall–Kier alpha value is -2.37. The van der Waals surface area contributed by atoms with Crippen molar-refractivity contribution in [2.24, 2.45) is 17.3 Å². The van der Waals surface area contributed by atoms with Gasteiger partial charge < -0.3 is 14.9 Å². The molecule has 6 nitrogen and oxygen atoms in total. The fourth-order valence-electron chi connectivity index (χ4n) is 5.60. The van der Waals surface area contributed by atoms with Crippen molar-refractivity contribution in [3.63, 3.8) is 0 Å². The minimum atomic E-state index is -1.07. The van der Waals surface area contributed by atoms with E-state index in [1.807, 2.05) is 6.07 Å². The molecule has 176 valence electrons. The number of aliphatic carboxylic acids is 1. The summed E-state index contributed by atoms with van der Waals surface area (Å²) in [6.45, 7) is 10.5. The topological polar surface area (TPSA) is 101 Å². The number of fused-ring (bicyclic) bond motifs is 2. The first kappa shape index (κ1) is 24.3. The first-order valence-electron chi connectivity index (χ1n) is 11.7. The summed E-state index contributed by atoms with van der Waals surface area (Å²) in [5.74, 6) is -1.17. The van der Waals surface area contributed by atoms with E-state index in [-0.39, 0.29) is 58.7 Å². The van der Waals surface area contributed by atoms with E-state index in [0.29, 0.717) is 12.0 Å². The third-order valence-electron chi connectivity index (χ3n) is 7.83. The number of phenols is 1. The Balaban J connectivity index is 2.02. The van der Waals surface area contributed by atoms with Crippen molar-refractivity contribution in [2.45, 2.75) is 90.9 Å². The van der Waals surface area contributed by atoms with Gasteiger partial charge in [0.25, 0.3) is 0 Å². The number of carbonyl (C=O) groups excluding carboxylic acids is 2. The molecule has 3 saturated carbocycles. The first-order valence-corrected chi connectivity index (χ1v) is 11.7. The standard InChI is InChI=1S/C26H36O6/c1-6-7-10-25(2,3)15-11-20(28)24(21(12-15)32-23(31)9-8-22(29)30)16-13-19(27)18-14-17(16)26(18,4)5/h11-12,16-18,28H,6-10,13-14H2,1-5H3,(H,29,30)/t16-,17-,18+/m0/s1. The highest BCUT2D eigenvalue weighted by atomic mass is 16.5. The lowest BCUT2D eigenvalue weighted by Gasteiger charge is -2.59. The van der Waals surface area contributed by atoms with Gasteiger partial charge in [0.15, 0.2) is 0 Å². The molecule has 32 heavy (non-hydrogen) atoms. The molecule has 0 spiro atoms. The number of hydrogen-bond acceptors (Lipinski definition) is 5. The van der Waals surface area contributed by atoms with Crippen LogP contribution in [0.15, 0.2) is 12.1 Å². The van der Waals surface area contributed by atoms with Crippen LogP contribution in [0.1, 0.15) is 96.6 Å². The monoisotopic (exact) mass is 444 g/mol. The fraction of sp³-hybridized carbons (Fsp3) is 0.654. The van der Waals surface area contributed by atoms with E-state index in [1.165, 1.54) is 0 Å². The second-order valence-corrected chi connectivity index (χ2v) is 10.8. The summed E-state index contributed by atoms with van der Waals surface area (Å²) in [5.41, 5.74) is 0.975. The van der Waals surface area contributed by atoms with E-state index >= 15 is 0 Å². The molecule has 0 amide bonds. The average Bonchev–Trinajstić information content (AvgIpc) is 2.69. The largest absolute Gasteiger partial charge is 0.508 e. The molecule has 3 aliphatic carbocycles. The first-order chi connectivity index (χ1) is 14.9. The van der Waals surface area contributed by atoms with E-state index < -0.39 is 11.9 Å². The summed E-state index contributed by atoms with van der Waals surface area (Å²) in [4.78, 5) is 36.1. The Morgan fingerprint density at radius 1 is 1.22 bits per heavy atom. The highest BCUT2D eigenvalue weighted by Crippen LogP contribution is 2.64. The van der Waals surface area contributed by atoms with Crippen LogP contribution >= 0.6 is 0 Å². The SMILES string of the molecule is CCCCC(C)(C)c1cc(O)c([C@H]2CC(=O)[C@H]3C[C@@H]2C3(C)C)c(OC(=O)CCC(=O)O)c1. The minimum absolute atomic E-state index is 0.0482. The Kier molecular flexibility index (Phi) is 6.73. The summed E-state index contributed by atoms with van der Waals surface area (Å²) < 4.78 is 5.67. The molecular weight excluding hydrogens is 408 g/mol. The molecule has 0 aromatic heterocycles. The van der Waals surface area contributed by atoms with Gasteiger partial charge in [-0.3, -0.25) is 14.4 Å². The number of benzene rings is 1. The van der Waals surface area contributed by atoms with Gasteiger partial charge in [-0.05, 0) is 47.3 Å². The van der Waals surface area contributed by atoms with Crippen molar-refractivity contribution in [2.75, 3.05) is 0 Å². The molecule has 1 aromatic carbocycles. The highest BCUT2D eigenvalue weighted by molar-refractivity contribution is 5.86. The van der Waals surface area contributed by atoms with Crippen LogP contribution in [0.5, 0.6) is 11.5 Å². The van der Waals surface area contributed by atoms with Crippen LogP contribution in [-0.4, -0.2) is 27.9 Å². The van der Waals surface area contributed by atoms with Crippen LogP contribution in [0.2, 0.25) is 0 Å². The lowest BCUT2D eigenvalue weighted by Crippen LogP contribution is -2.56. The lowest BCUT2D eigenvalue weighted by atomic mass is 9.44. The van der Waals surface area contributed by atoms with Gasteiger partial charge in [-0.15, -0.1) is 0 Å². The number of Topliss-reactive ketones (excluding diaryl/α,β-unsaturated/α-hetero) is 1. The van der Waals surface area contributed by atoms with Crippen LogP contribution in [0, 0.1) is 17.3 Å². The maximum absolute atomic E-state index is 12.7. The molecule has 3 fully saturated rings. The molecule has 0 radical (unpaired) electrons. The highest BCUT2D eigenvalue weighted by Gasteiger charge is 2.59. The van der Waals surface area contributed by atoms with E-state index in [4.69, 9.17) is 9.84 Å². The lowest BCUT2D eigenvalue weighted by molar-refractivity contribution is -0.151. The van der Waals surface area contributed by atoms with Crippen molar-refractivity contribution in [3.05, 3.63) is 23.3 Å². The number of aromatic hydroxyl groups is 1. The molecule has 2 bridgehead atoms. The number of rotatable bonds is 9. The smallest absolute Gasteiger partial charge is 0.311 e. The molecular formula is C26H36O6.